The Morgan fingerprint density at radius 2 is 1.79 bits per heavy atom. The highest BCUT2D eigenvalue weighted by Crippen LogP contribution is 2.17. The molecule has 0 saturated carbocycles. The number of halogens is 6. The molecule has 5 nitrogen and oxygen atoms in total. The van der Waals surface area contributed by atoms with Crippen molar-refractivity contribution in [2.75, 3.05) is 19.8 Å². The molecule has 0 aliphatic carbocycles. The van der Waals surface area contributed by atoms with Crippen molar-refractivity contribution in [1.82, 2.24) is 10.3 Å². The van der Waals surface area contributed by atoms with Crippen molar-refractivity contribution in [3.8, 4) is 5.88 Å². The van der Waals surface area contributed by atoms with Crippen LogP contribution >= 0.6 is 0 Å². The zero-order valence-electron chi connectivity index (χ0n) is 12.2. The molecular formula is C13H14F6N2O3. The first-order chi connectivity index (χ1) is 11.1. The van der Waals surface area contributed by atoms with Crippen LogP contribution in [-0.4, -0.2) is 43.1 Å². The standard InChI is InChI=1S/C13H14F6N2O3/c14-12(15,16)7-23-4-2-10(22)21-6-9-1-3-20-11(5-9)24-8-13(17,18)19/h1,3,5H,2,4,6-8H2,(H,21,22). The molecule has 1 amide bonds. The summed E-state index contributed by atoms with van der Waals surface area (Å²) >= 11 is 0. The second-order valence-electron chi connectivity index (χ2n) is 4.60. The van der Waals surface area contributed by atoms with Crippen LogP contribution in [0.15, 0.2) is 18.3 Å². The predicted molar refractivity (Wildman–Crippen MR) is 69.1 cm³/mol. The molecule has 1 aromatic rings. The second kappa shape index (κ2) is 8.71. The summed E-state index contributed by atoms with van der Waals surface area (Å²) in [6, 6.07) is 2.66. The Bertz CT molecular complexity index is 533. The molecule has 0 saturated heterocycles. The van der Waals surface area contributed by atoms with Gasteiger partial charge < -0.3 is 14.8 Å². The summed E-state index contributed by atoms with van der Waals surface area (Å²) in [4.78, 5) is 15.0. The summed E-state index contributed by atoms with van der Waals surface area (Å²) in [6.45, 7) is -3.37. The fourth-order valence-electron chi connectivity index (χ4n) is 1.44. The first kappa shape index (κ1) is 20.0. The number of ether oxygens (including phenoxy) is 2. The highest BCUT2D eigenvalue weighted by molar-refractivity contribution is 5.75. The third kappa shape index (κ3) is 9.87. The number of nitrogens with one attached hydrogen (secondary N) is 1. The number of alkyl halides is 6. The van der Waals surface area contributed by atoms with Crippen molar-refractivity contribution in [3.63, 3.8) is 0 Å². The molecule has 11 heteroatoms. The summed E-state index contributed by atoms with van der Waals surface area (Å²) in [5.41, 5.74) is 0.423. The molecule has 0 aromatic carbocycles. The number of carbonyl (C=O) groups is 1. The van der Waals surface area contributed by atoms with Crippen molar-refractivity contribution in [2.45, 2.75) is 25.3 Å². The van der Waals surface area contributed by atoms with Gasteiger partial charge in [-0.1, -0.05) is 0 Å². The van der Waals surface area contributed by atoms with Crippen LogP contribution in [0.25, 0.3) is 0 Å². The van der Waals surface area contributed by atoms with E-state index in [1.807, 2.05) is 0 Å². The van der Waals surface area contributed by atoms with Crippen molar-refractivity contribution < 1.29 is 40.6 Å². The minimum absolute atomic E-state index is 0.0387. The maximum absolute atomic E-state index is 12.0. The van der Waals surface area contributed by atoms with Gasteiger partial charge in [0.2, 0.25) is 11.8 Å². The van der Waals surface area contributed by atoms with Crippen LogP contribution in [0, 0.1) is 0 Å². The van der Waals surface area contributed by atoms with E-state index in [2.05, 4.69) is 19.8 Å². The molecule has 0 radical (unpaired) electrons. The van der Waals surface area contributed by atoms with E-state index in [4.69, 9.17) is 0 Å². The van der Waals surface area contributed by atoms with Gasteiger partial charge in [0.25, 0.3) is 0 Å². The minimum atomic E-state index is -4.50. The summed E-state index contributed by atoms with van der Waals surface area (Å²) < 4.78 is 80.2. The third-order valence-corrected chi connectivity index (χ3v) is 2.41. The van der Waals surface area contributed by atoms with Crippen LogP contribution in [0.1, 0.15) is 12.0 Å². The lowest BCUT2D eigenvalue weighted by atomic mass is 10.2. The Morgan fingerprint density at radius 3 is 2.42 bits per heavy atom. The average molecular weight is 360 g/mol. The maximum atomic E-state index is 12.0. The molecule has 0 unspecified atom stereocenters. The first-order valence-corrected chi connectivity index (χ1v) is 6.61. The monoisotopic (exact) mass is 360 g/mol. The fraction of sp³-hybridized carbons (Fsp3) is 0.538. The third-order valence-electron chi connectivity index (χ3n) is 2.41. The normalized spacial score (nSPS) is 12.1. The molecule has 0 fully saturated rings. The number of rotatable bonds is 8. The number of hydrogen-bond donors (Lipinski definition) is 1. The number of amides is 1. The smallest absolute Gasteiger partial charge is 0.422 e. The van der Waals surface area contributed by atoms with Gasteiger partial charge in [0.15, 0.2) is 6.61 Å². The van der Waals surface area contributed by atoms with Gasteiger partial charge in [0, 0.05) is 25.2 Å². The number of pyridine rings is 1. The Balaban J connectivity index is 2.32. The second-order valence-corrected chi connectivity index (χ2v) is 4.60. The molecule has 1 rings (SSSR count). The topological polar surface area (TPSA) is 60.5 Å². The number of aromatic nitrogens is 1. The molecule has 24 heavy (non-hydrogen) atoms. The van der Waals surface area contributed by atoms with Gasteiger partial charge in [-0.15, -0.1) is 0 Å². The largest absolute Gasteiger partial charge is 0.468 e. The number of carbonyl (C=O) groups excluding carboxylic acids is 1. The highest BCUT2D eigenvalue weighted by atomic mass is 19.4. The van der Waals surface area contributed by atoms with E-state index < -0.39 is 38.1 Å². The molecule has 1 heterocycles. The van der Waals surface area contributed by atoms with Crippen molar-refractivity contribution >= 4 is 5.91 Å². The van der Waals surface area contributed by atoms with E-state index in [-0.39, 0.29) is 18.8 Å². The van der Waals surface area contributed by atoms with Gasteiger partial charge in [-0.25, -0.2) is 4.98 Å². The fourth-order valence-corrected chi connectivity index (χ4v) is 1.44. The summed E-state index contributed by atoms with van der Waals surface area (Å²) in [5, 5.41) is 2.39. The Kier molecular flexibility index (Phi) is 7.26. The highest BCUT2D eigenvalue weighted by Gasteiger charge is 2.28. The molecule has 0 aliphatic heterocycles. The molecular weight excluding hydrogens is 346 g/mol. The lowest BCUT2D eigenvalue weighted by molar-refractivity contribution is -0.174. The van der Waals surface area contributed by atoms with Crippen molar-refractivity contribution in [2.24, 2.45) is 0 Å². The molecule has 136 valence electrons. The van der Waals surface area contributed by atoms with E-state index in [0.29, 0.717) is 5.56 Å². The van der Waals surface area contributed by atoms with E-state index in [0.717, 1.165) is 0 Å². The van der Waals surface area contributed by atoms with Crippen molar-refractivity contribution in [1.29, 1.82) is 0 Å². The lowest BCUT2D eigenvalue weighted by Crippen LogP contribution is -2.25. The van der Waals surface area contributed by atoms with Crippen molar-refractivity contribution in [3.05, 3.63) is 23.9 Å². The Hall–Kier alpha value is -2.04. The van der Waals surface area contributed by atoms with Crippen LogP contribution in [0.2, 0.25) is 0 Å². The molecule has 0 bridgehead atoms. The van der Waals surface area contributed by atoms with E-state index in [1.54, 1.807) is 0 Å². The van der Waals surface area contributed by atoms with Gasteiger partial charge >= 0.3 is 12.4 Å². The molecule has 1 aromatic heterocycles. The van der Waals surface area contributed by atoms with E-state index in [9.17, 15) is 31.1 Å². The zero-order chi connectivity index (χ0) is 18.2. The molecule has 0 aliphatic rings. The summed E-state index contributed by atoms with van der Waals surface area (Å²) in [5.74, 6) is -0.820. The van der Waals surface area contributed by atoms with Crippen LogP contribution in [0.4, 0.5) is 26.3 Å². The quantitative estimate of drug-likeness (QED) is 0.572. The van der Waals surface area contributed by atoms with Gasteiger partial charge in [-0.05, 0) is 11.6 Å². The van der Waals surface area contributed by atoms with Gasteiger partial charge in [0.05, 0.1) is 6.61 Å². The lowest BCUT2D eigenvalue weighted by Gasteiger charge is -2.10. The molecule has 0 spiro atoms. The Labute approximate surface area is 133 Å². The van der Waals surface area contributed by atoms with Gasteiger partial charge in [0.1, 0.15) is 6.61 Å². The van der Waals surface area contributed by atoms with Crippen LogP contribution in [0.5, 0.6) is 5.88 Å². The summed E-state index contributed by atoms with van der Waals surface area (Å²) in [7, 11) is 0. The van der Waals surface area contributed by atoms with Gasteiger partial charge in [-0.3, -0.25) is 4.79 Å². The van der Waals surface area contributed by atoms with Crippen LogP contribution in [-0.2, 0) is 16.1 Å². The van der Waals surface area contributed by atoms with Gasteiger partial charge in [-0.2, -0.15) is 26.3 Å². The van der Waals surface area contributed by atoms with E-state index >= 15 is 0 Å². The predicted octanol–water partition coefficient (Wildman–Crippen LogP) is 2.61. The zero-order valence-corrected chi connectivity index (χ0v) is 12.2. The summed E-state index contributed by atoms with van der Waals surface area (Å²) in [6.07, 6.45) is -8.03. The Morgan fingerprint density at radius 1 is 1.12 bits per heavy atom. The van der Waals surface area contributed by atoms with Crippen LogP contribution < -0.4 is 10.1 Å². The molecule has 1 N–H and O–H groups in total. The SMILES string of the molecule is O=C(CCOCC(F)(F)F)NCc1ccnc(OCC(F)(F)F)c1. The molecule has 0 atom stereocenters. The maximum Gasteiger partial charge on any atom is 0.422 e. The first-order valence-electron chi connectivity index (χ1n) is 6.61. The number of nitrogens with zero attached hydrogens (tertiary/aromatic N) is 1. The minimum Gasteiger partial charge on any atom is -0.468 e. The van der Waals surface area contributed by atoms with Crippen LogP contribution in [0.3, 0.4) is 0 Å². The number of hydrogen-bond acceptors (Lipinski definition) is 4. The average Bonchev–Trinajstić information content (AvgIpc) is 2.46. The van der Waals surface area contributed by atoms with E-state index in [1.165, 1.54) is 18.3 Å².